The van der Waals surface area contributed by atoms with Gasteiger partial charge in [0.25, 0.3) is 5.91 Å². The van der Waals surface area contributed by atoms with Gasteiger partial charge < -0.3 is 23.7 Å². The van der Waals surface area contributed by atoms with Crippen LogP contribution in [0, 0.1) is 12.8 Å². The van der Waals surface area contributed by atoms with Crippen LogP contribution in [0.2, 0.25) is 0 Å². The molecule has 1 amide bonds. The molecule has 3 heterocycles. The van der Waals surface area contributed by atoms with E-state index in [-0.39, 0.29) is 5.91 Å². The first kappa shape index (κ1) is 29.6. The molecule has 0 N–H and O–H groups in total. The average Bonchev–Trinajstić information content (AvgIpc) is 3.63. The second-order valence-corrected chi connectivity index (χ2v) is 12.7. The maximum Gasteiger partial charge on any atom is 0.255 e. The summed E-state index contributed by atoms with van der Waals surface area (Å²) >= 11 is 0. The van der Waals surface area contributed by atoms with Crippen LogP contribution in [-0.4, -0.2) is 76.3 Å². The summed E-state index contributed by atoms with van der Waals surface area (Å²) in [6.45, 7) is 7.30. The minimum atomic E-state index is 0.00805. The Morgan fingerprint density at radius 2 is 1.74 bits per heavy atom. The van der Waals surface area contributed by atoms with Gasteiger partial charge in [0, 0.05) is 51.2 Å². The number of imidazole rings is 1. The van der Waals surface area contributed by atoms with Gasteiger partial charge in [-0.2, -0.15) is 0 Å². The number of benzene rings is 2. The van der Waals surface area contributed by atoms with Gasteiger partial charge in [0.05, 0.1) is 36.4 Å². The Morgan fingerprint density at radius 1 is 0.977 bits per heavy atom. The fourth-order valence-corrected chi connectivity index (χ4v) is 7.25. The number of hydrogen-bond donors (Lipinski definition) is 0. The molecule has 7 nitrogen and oxygen atoms in total. The van der Waals surface area contributed by atoms with Crippen LogP contribution >= 0.6 is 0 Å². The van der Waals surface area contributed by atoms with Gasteiger partial charge in [-0.15, -0.1) is 0 Å². The van der Waals surface area contributed by atoms with Crippen LogP contribution in [0.25, 0.3) is 21.9 Å². The first-order chi connectivity index (χ1) is 21.0. The van der Waals surface area contributed by atoms with Crippen molar-refractivity contribution in [3.8, 4) is 11.1 Å². The van der Waals surface area contributed by atoms with Crippen molar-refractivity contribution in [2.75, 3.05) is 40.4 Å². The topological polar surface area (TPSA) is 55.5 Å². The van der Waals surface area contributed by atoms with E-state index in [2.05, 4.69) is 69.6 Å². The maximum atomic E-state index is 13.8. The molecule has 1 aliphatic carbocycles. The Hall–Kier alpha value is -3.42. The van der Waals surface area contributed by atoms with Crippen LogP contribution in [0.1, 0.15) is 66.7 Å². The van der Waals surface area contributed by atoms with Crippen molar-refractivity contribution >= 4 is 16.7 Å². The number of hydrogen-bond acceptors (Lipinski definition) is 4. The van der Waals surface area contributed by atoms with Gasteiger partial charge in [0.15, 0.2) is 0 Å². The number of aryl methyl sites for hydroxylation is 1. The van der Waals surface area contributed by atoms with Crippen molar-refractivity contribution in [3.63, 3.8) is 0 Å². The number of likely N-dealkylation sites (N-methyl/N-ethyl adjacent to an activating group) is 1. The fraction of sp³-hybridized carbons (Fsp3) is 0.500. The predicted octanol–water partition coefficient (Wildman–Crippen LogP) is 6.62. The quantitative estimate of drug-likeness (QED) is 0.211. The van der Waals surface area contributed by atoms with E-state index in [1.54, 1.807) is 12.0 Å². The molecule has 4 aromatic rings. The normalized spacial score (nSPS) is 17.1. The predicted molar refractivity (Wildman–Crippen MR) is 173 cm³/mol. The number of ether oxygens (including phenoxy) is 1. The first-order valence-electron chi connectivity index (χ1n) is 16.2. The molecular weight excluding hydrogens is 534 g/mol. The van der Waals surface area contributed by atoms with Gasteiger partial charge in [-0.1, -0.05) is 61.7 Å². The van der Waals surface area contributed by atoms with E-state index < -0.39 is 0 Å². The van der Waals surface area contributed by atoms with Gasteiger partial charge in [-0.05, 0) is 68.0 Å². The van der Waals surface area contributed by atoms with Gasteiger partial charge in [0.2, 0.25) is 0 Å². The first-order valence-corrected chi connectivity index (χ1v) is 16.2. The fourth-order valence-electron chi connectivity index (χ4n) is 7.25. The largest absolute Gasteiger partial charge is 0.383 e. The standard InChI is InChI=1S/C36H47N5O2/c1-27-35(41(26-37-27)22-28-16-18-40(19-17-28)30-12-5-4-6-13-30)25-39-23-33(34(24-39)36(42)38(2)20-21-43-3)32-15-9-11-29-10-7-8-14-31(29)32/h7-11,14-15,23-24,26,28,30H,4-6,12-13,16-22,25H2,1-3H3. The van der Waals surface area contributed by atoms with Crippen molar-refractivity contribution in [1.82, 2.24) is 23.9 Å². The van der Waals surface area contributed by atoms with Crippen molar-refractivity contribution in [3.05, 3.63) is 78.1 Å². The van der Waals surface area contributed by atoms with Crippen molar-refractivity contribution in [2.24, 2.45) is 5.92 Å². The minimum Gasteiger partial charge on any atom is -0.383 e. The zero-order chi connectivity index (χ0) is 29.8. The van der Waals surface area contributed by atoms with Gasteiger partial charge in [-0.25, -0.2) is 4.98 Å². The zero-order valence-electron chi connectivity index (χ0n) is 26.2. The van der Waals surface area contributed by atoms with E-state index in [1.807, 2.05) is 19.6 Å². The summed E-state index contributed by atoms with van der Waals surface area (Å²) in [4.78, 5) is 23.0. The summed E-state index contributed by atoms with van der Waals surface area (Å²) in [5.74, 6) is 0.684. The molecule has 2 fully saturated rings. The summed E-state index contributed by atoms with van der Waals surface area (Å²) in [5.41, 5.74) is 5.04. The van der Waals surface area contributed by atoms with E-state index in [1.165, 1.54) is 69.1 Å². The molecule has 6 rings (SSSR count). The molecule has 0 unspecified atom stereocenters. The van der Waals surface area contributed by atoms with Crippen molar-refractivity contribution < 1.29 is 9.53 Å². The summed E-state index contributed by atoms with van der Waals surface area (Å²) in [5, 5.41) is 2.32. The van der Waals surface area contributed by atoms with Gasteiger partial charge in [0.1, 0.15) is 0 Å². The molecule has 1 aliphatic heterocycles. The molecule has 7 heteroatoms. The summed E-state index contributed by atoms with van der Waals surface area (Å²) in [6, 6.07) is 15.6. The number of carbonyl (C=O) groups is 1. The second-order valence-electron chi connectivity index (χ2n) is 12.7. The Bertz CT molecular complexity index is 1520. The maximum absolute atomic E-state index is 13.8. The third-order valence-electron chi connectivity index (χ3n) is 9.85. The lowest BCUT2D eigenvalue weighted by molar-refractivity contribution is 0.0745. The lowest BCUT2D eigenvalue weighted by Gasteiger charge is -2.39. The molecule has 0 atom stereocenters. The lowest BCUT2D eigenvalue weighted by atomic mass is 9.90. The van der Waals surface area contributed by atoms with E-state index in [0.29, 0.717) is 31.2 Å². The Balaban J connectivity index is 1.24. The van der Waals surface area contributed by atoms with Crippen LogP contribution in [0.3, 0.4) is 0 Å². The number of nitrogens with zero attached hydrogens (tertiary/aromatic N) is 5. The molecular formula is C36H47N5O2. The molecule has 1 saturated heterocycles. The third kappa shape index (κ3) is 6.58. The number of carbonyl (C=O) groups excluding carboxylic acids is 1. The van der Waals surface area contributed by atoms with E-state index >= 15 is 0 Å². The summed E-state index contributed by atoms with van der Waals surface area (Å²) < 4.78 is 9.82. The number of likely N-dealkylation sites (tertiary alicyclic amines) is 1. The van der Waals surface area contributed by atoms with Crippen molar-refractivity contribution in [1.29, 1.82) is 0 Å². The Kier molecular flexibility index (Phi) is 9.29. The van der Waals surface area contributed by atoms with Crippen LogP contribution in [0.15, 0.2) is 61.2 Å². The van der Waals surface area contributed by atoms with Gasteiger partial charge in [-0.3, -0.25) is 4.79 Å². The zero-order valence-corrected chi connectivity index (χ0v) is 26.2. The van der Waals surface area contributed by atoms with Crippen LogP contribution in [-0.2, 0) is 17.8 Å². The van der Waals surface area contributed by atoms with Crippen LogP contribution in [0.4, 0.5) is 0 Å². The highest BCUT2D eigenvalue weighted by Gasteiger charge is 2.27. The molecule has 0 spiro atoms. The lowest BCUT2D eigenvalue weighted by Crippen LogP contribution is -2.43. The highest BCUT2D eigenvalue weighted by molar-refractivity contribution is 6.05. The minimum absolute atomic E-state index is 0.00805. The van der Waals surface area contributed by atoms with E-state index in [4.69, 9.17) is 9.72 Å². The molecule has 2 aromatic heterocycles. The Labute approximate surface area is 256 Å². The monoisotopic (exact) mass is 581 g/mol. The third-order valence-corrected chi connectivity index (χ3v) is 9.85. The molecule has 0 bridgehead atoms. The van der Waals surface area contributed by atoms with Gasteiger partial charge >= 0.3 is 0 Å². The number of aromatic nitrogens is 3. The summed E-state index contributed by atoms with van der Waals surface area (Å²) in [7, 11) is 3.52. The van der Waals surface area contributed by atoms with E-state index in [0.717, 1.165) is 34.8 Å². The van der Waals surface area contributed by atoms with Crippen LogP contribution < -0.4 is 0 Å². The molecule has 228 valence electrons. The molecule has 0 radical (unpaired) electrons. The smallest absolute Gasteiger partial charge is 0.255 e. The second kappa shape index (κ2) is 13.5. The highest BCUT2D eigenvalue weighted by Crippen LogP contribution is 2.33. The molecule has 2 aromatic carbocycles. The summed E-state index contributed by atoms with van der Waals surface area (Å²) in [6.07, 6.45) is 15.7. The average molecular weight is 582 g/mol. The molecule has 1 saturated carbocycles. The number of amides is 1. The number of methoxy groups -OCH3 is 1. The number of fused-ring (bicyclic) bond motifs is 1. The SMILES string of the molecule is COCCN(C)C(=O)c1cn(Cc2c(C)ncn2CC2CCN(C3CCCCC3)CC2)cc1-c1cccc2ccccc12. The molecule has 43 heavy (non-hydrogen) atoms. The molecule has 2 aliphatic rings. The Morgan fingerprint density at radius 3 is 2.53 bits per heavy atom. The highest BCUT2D eigenvalue weighted by atomic mass is 16.5. The number of piperidine rings is 1. The van der Waals surface area contributed by atoms with E-state index in [9.17, 15) is 4.79 Å². The van der Waals surface area contributed by atoms with Crippen molar-refractivity contribution in [2.45, 2.75) is 71.0 Å². The van der Waals surface area contributed by atoms with Crippen LogP contribution in [0.5, 0.6) is 0 Å². The number of rotatable bonds is 10.